The molecule has 0 spiro atoms. The van der Waals surface area contributed by atoms with E-state index < -0.39 is 9.85 Å². The molecule has 1 heterocycles. The summed E-state index contributed by atoms with van der Waals surface area (Å²) in [5, 5.41) is 0. The number of hydrogen-bond donors (Lipinski definition) is 0. The molecule has 0 aromatic carbocycles. The molecule has 1 atom stereocenters. The summed E-state index contributed by atoms with van der Waals surface area (Å²) < 4.78 is 25.8. The summed E-state index contributed by atoms with van der Waals surface area (Å²) >= 11 is 1.86. The van der Waals surface area contributed by atoms with Crippen LogP contribution >= 0.6 is 22.6 Å². The molecule has 0 amide bonds. The zero-order valence-corrected chi connectivity index (χ0v) is 9.51. The van der Waals surface area contributed by atoms with Crippen LogP contribution in [0.25, 0.3) is 0 Å². The Morgan fingerprint density at radius 1 is 1.50 bits per heavy atom. The smallest absolute Gasteiger partial charge is 0.272 e. The Kier molecular flexibility index (Phi) is 3.31. The summed E-state index contributed by atoms with van der Waals surface area (Å²) in [6, 6.07) is 0.236. The SMILES string of the molecule is CC(C)N1CC[C@H](I)C(F)(F)C1. The number of alkyl halides is 3. The van der Waals surface area contributed by atoms with Gasteiger partial charge in [-0.2, -0.15) is 0 Å². The van der Waals surface area contributed by atoms with E-state index in [1.54, 1.807) is 0 Å². The molecule has 1 aliphatic rings. The third kappa shape index (κ3) is 2.28. The van der Waals surface area contributed by atoms with E-state index in [9.17, 15) is 8.78 Å². The predicted octanol–water partition coefficient (Wildman–Crippen LogP) is 2.54. The van der Waals surface area contributed by atoms with Gasteiger partial charge in [0.15, 0.2) is 0 Å². The normalized spacial score (nSPS) is 31.0. The molecule has 1 nitrogen and oxygen atoms in total. The molecule has 1 fully saturated rings. The van der Waals surface area contributed by atoms with Crippen LogP contribution in [-0.4, -0.2) is 33.9 Å². The van der Waals surface area contributed by atoms with Crippen molar-refractivity contribution < 1.29 is 8.78 Å². The van der Waals surface area contributed by atoms with E-state index in [0.717, 1.165) is 6.54 Å². The van der Waals surface area contributed by atoms with E-state index in [1.807, 2.05) is 41.3 Å². The summed E-state index contributed by atoms with van der Waals surface area (Å²) in [5.74, 6) is -2.50. The van der Waals surface area contributed by atoms with Gasteiger partial charge in [0.1, 0.15) is 0 Å². The maximum Gasteiger partial charge on any atom is 0.272 e. The van der Waals surface area contributed by atoms with Crippen molar-refractivity contribution in [2.45, 2.75) is 36.2 Å². The highest BCUT2D eigenvalue weighted by Crippen LogP contribution is 2.33. The summed E-state index contributed by atoms with van der Waals surface area (Å²) in [5.41, 5.74) is 0. The van der Waals surface area contributed by atoms with E-state index >= 15 is 0 Å². The quantitative estimate of drug-likeness (QED) is 0.529. The lowest BCUT2D eigenvalue weighted by molar-refractivity contribution is -0.0612. The van der Waals surface area contributed by atoms with Gasteiger partial charge in [-0.3, -0.25) is 4.90 Å². The van der Waals surface area contributed by atoms with Crippen LogP contribution in [0, 0.1) is 0 Å². The molecular formula is C8H14F2IN. The molecule has 0 N–H and O–H groups in total. The Hall–Kier alpha value is 0.550. The molecule has 0 bridgehead atoms. The molecule has 0 aromatic heterocycles. The van der Waals surface area contributed by atoms with Gasteiger partial charge in [-0.25, -0.2) is 8.78 Å². The van der Waals surface area contributed by atoms with Gasteiger partial charge in [0, 0.05) is 6.04 Å². The van der Waals surface area contributed by atoms with Gasteiger partial charge in [0.05, 0.1) is 10.5 Å². The van der Waals surface area contributed by atoms with Crippen molar-refractivity contribution in [2.24, 2.45) is 0 Å². The standard InChI is InChI=1S/C8H14F2IN/c1-6(2)12-4-3-7(11)8(9,10)5-12/h6-7H,3-5H2,1-2H3/t7-/m0/s1. The Bertz CT molecular complexity index is 161. The molecule has 0 radical (unpaired) electrons. The number of likely N-dealkylation sites (tertiary alicyclic amines) is 1. The van der Waals surface area contributed by atoms with Gasteiger partial charge in [-0.15, -0.1) is 0 Å². The molecule has 12 heavy (non-hydrogen) atoms. The number of piperidine rings is 1. The number of hydrogen-bond acceptors (Lipinski definition) is 1. The molecule has 1 aliphatic heterocycles. The molecule has 72 valence electrons. The third-order valence-corrected chi connectivity index (χ3v) is 3.81. The van der Waals surface area contributed by atoms with Crippen molar-refractivity contribution >= 4 is 22.6 Å². The zero-order chi connectivity index (χ0) is 9.35. The van der Waals surface area contributed by atoms with Crippen LogP contribution < -0.4 is 0 Å². The van der Waals surface area contributed by atoms with Crippen LogP contribution in [-0.2, 0) is 0 Å². The highest BCUT2D eigenvalue weighted by Gasteiger charge is 2.43. The highest BCUT2D eigenvalue weighted by atomic mass is 127. The summed E-state index contributed by atoms with van der Waals surface area (Å²) in [6.45, 7) is 4.66. The maximum absolute atomic E-state index is 13.2. The average Bonchev–Trinajstić information content (AvgIpc) is 1.94. The second-order valence-corrected chi connectivity index (χ2v) is 5.09. The summed E-state index contributed by atoms with van der Waals surface area (Å²) in [7, 11) is 0. The topological polar surface area (TPSA) is 3.24 Å². The molecule has 0 aromatic rings. The minimum Gasteiger partial charge on any atom is -0.295 e. The maximum atomic E-state index is 13.2. The predicted molar refractivity (Wildman–Crippen MR) is 54.1 cm³/mol. The lowest BCUT2D eigenvalue weighted by Gasteiger charge is -2.38. The van der Waals surface area contributed by atoms with Crippen molar-refractivity contribution in [3.63, 3.8) is 0 Å². The second-order valence-electron chi connectivity index (χ2n) is 3.58. The van der Waals surface area contributed by atoms with Crippen LogP contribution in [0.4, 0.5) is 8.78 Å². The van der Waals surface area contributed by atoms with Crippen molar-refractivity contribution in [1.82, 2.24) is 4.90 Å². The van der Waals surface area contributed by atoms with Crippen LogP contribution in [0.5, 0.6) is 0 Å². The highest BCUT2D eigenvalue weighted by molar-refractivity contribution is 14.1. The molecule has 0 aliphatic carbocycles. The monoisotopic (exact) mass is 289 g/mol. The molecule has 1 rings (SSSR count). The van der Waals surface area contributed by atoms with E-state index in [2.05, 4.69) is 0 Å². The zero-order valence-electron chi connectivity index (χ0n) is 7.36. The van der Waals surface area contributed by atoms with Crippen LogP contribution in [0.3, 0.4) is 0 Å². The first-order chi connectivity index (χ1) is 5.43. The van der Waals surface area contributed by atoms with Crippen molar-refractivity contribution in [3.05, 3.63) is 0 Å². The summed E-state index contributed by atoms with van der Waals surface area (Å²) in [4.78, 5) is 1.84. The first-order valence-corrected chi connectivity index (χ1v) is 5.44. The van der Waals surface area contributed by atoms with Crippen molar-refractivity contribution in [2.75, 3.05) is 13.1 Å². The average molecular weight is 289 g/mol. The minimum atomic E-state index is -2.50. The first kappa shape index (κ1) is 10.6. The fourth-order valence-electron chi connectivity index (χ4n) is 1.38. The van der Waals surface area contributed by atoms with Crippen LogP contribution in [0.15, 0.2) is 0 Å². The van der Waals surface area contributed by atoms with E-state index in [4.69, 9.17) is 0 Å². The van der Waals surface area contributed by atoms with Gasteiger partial charge in [-0.05, 0) is 26.8 Å². The largest absolute Gasteiger partial charge is 0.295 e. The van der Waals surface area contributed by atoms with Gasteiger partial charge in [0.2, 0.25) is 0 Å². The lowest BCUT2D eigenvalue weighted by atomic mass is 10.1. The minimum absolute atomic E-state index is 0.0712. The summed E-state index contributed by atoms with van der Waals surface area (Å²) in [6.07, 6.45) is 0.603. The fourth-order valence-corrected chi connectivity index (χ4v) is 1.86. The van der Waals surface area contributed by atoms with Crippen molar-refractivity contribution in [3.8, 4) is 0 Å². The third-order valence-electron chi connectivity index (χ3n) is 2.27. The number of halogens is 3. The molecule has 4 heteroatoms. The van der Waals surface area contributed by atoms with Gasteiger partial charge in [-0.1, -0.05) is 22.6 Å². The number of rotatable bonds is 1. The second kappa shape index (κ2) is 3.74. The Labute approximate surface area is 85.6 Å². The first-order valence-electron chi connectivity index (χ1n) is 4.19. The molecule has 0 saturated carbocycles. The number of nitrogens with zero attached hydrogens (tertiary/aromatic N) is 1. The Morgan fingerprint density at radius 3 is 2.50 bits per heavy atom. The lowest BCUT2D eigenvalue weighted by Crippen LogP contribution is -2.51. The Morgan fingerprint density at radius 2 is 2.08 bits per heavy atom. The van der Waals surface area contributed by atoms with Crippen LogP contribution in [0.1, 0.15) is 20.3 Å². The van der Waals surface area contributed by atoms with E-state index in [-0.39, 0.29) is 12.6 Å². The van der Waals surface area contributed by atoms with Gasteiger partial charge < -0.3 is 0 Å². The van der Waals surface area contributed by atoms with Gasteiger partial charge in [0.25, 0.3) is 5.92 Å². The Balaban J connectivity index is 2.57. The van der Waals surface area contributed by atoms with Crippen molar-refractivity contribution in [1.29, 1.82) is 0 Å². The van der Waals surface area contributed by atoms with E-state index in [0.29, 0.717) is 6.42 Å². The fraction of sp³-hybridized carbons (Fsp3) is 1.00. The van der Waals surface area contributed by atoms with Crippen LogP contribution in [0.2, 0.25) is 0 Å². The van der Waals surface area contributed by atoms with Gasteiger partial charge >= 0.3 is 0 Å². The molecule has 0 unspecified atom stereocenters. The molecule has 1 saturated heterocycles. The molecular weight excluding hydrogens is 275 g/mol. The van der Waals surface area contributed by atoms with E-state index in [1.165, 1.54) is 0 Å².